The maximum Gasteiger partial charge on any atom is -0.0345 e. The molecular formula is C13H20. The number of rotatable bonds is 0. The van der Waals surface area contributed by atoms with Crippen LogP contribution < -0.4 is 0 Å². The van der Waals surface area contributed by atoms with Crippen molar-refractivity contribution in [3.05, 3.63) is 36.5 Å². The van der Waals surface area contributed by atoms with E-state index in [0.717, 1.165) is 0 Å². The normalized spacial score (nSPS) is 25.2. The fourth-order valence-corrected chi connectivity index (χ4v) is 1.46. The molecule has 0 saturated carbocycles. The second-order valence-corrected chi connectivity index (χ2v) is 3.54. The topological polar surface area (TPSA) is 0 Å². The average molecular weight is 176 g/mol. The molecule has 0 heterocycles. The van der Waals surface area contributed by atoms with E-state index in [2.05, 4.69) is 36.5 Å². The van der Waals surface area contributed by atoms with Crippen molar-refractivity contribution < 1.29 is 0 Å². The third kappa shape index (κ3) is 6.39. The van der Waals surface area contributed by atoms with Crippen LogP contribution in [0.2, 0.25) is 0 Å². The first-order valence-electron chi connectivity index (χ1n) is 5.47. The Morgan fingerprint density at radius 3 is 1.62 bits per heavy atom. The van der Waals surface area contributed by atoms with E-state index in [1.807, 2.05) is 0 Å². The van der Waals surface area contributed by atoms with E-state index < -0.39 is 0 Å². The van der Waals surface area contributed by atoms with E-state index in [0.29, 0.717) is 0 Å². The zero-order valence-corrected chi connectivity index (χ0v) is 8.41. The van der Waals surface area contributed by atoms with Gasteiger partial charge in [-0.1, -0.05) is 36.5 Å². The van der Waals surface area contributed by atoms with E-state index in [-0.39, 0.29) is 0 Å². The van der Waals surface area contributed by atoms with Gasteiger partial charge in [-0.25, -0.2) is 0 Å². The summed E-state index contributed by atoms with van der Waals surface area (Å²) in [7, 11) is 0. The summed E-state index contributed by atoms with van der Waals surface area (Å²) in [5.41, 5.74) is 0. The zero-order valence-electron chi connectivity index (χ0n) is 8.41. The minimum Gasteiger partial charge on any atom is -0.0885 e. The highest BCUT2D eigenvalue weighted by atomic mass is 13.9. The summed E-state index contributed by atoms with van der Waals surface area (Å²) in [6, 6.07) is 0. The van der Waals surface area contributed by atoms with Crippen molar-refractivity contribution in [2.24, 2.45) is 0 Å². The first-order chi connectivity index (χ1) is 6.50. The molecule has 0 bridgehead atoms. The summed E-state index contributed by atoms with van der Waals surface area (Å²) in [6.07, 6.45) is 22.5. The molecule has 0 radical (unpaired) electrons. The van der Waals surface area contributed by atoms with Crippen molar-refractivity contribution in [3.63, 3.8) is 0 Å². The summed E-state index contributed by atoms with van der Waals surface area (Å²) in [5, 5.41) is 0. The number of hydrogen-bond donors (Lipinski definition) is 0. The van der Waals surface area contributed by atoms with Gasteiger partial charge < -0.3 is 0 Å². The van der Waals surface area contributed by atoms with Gasteiger partial charge >= 0.3 is 0 Å². The van der Waals surface area contributed by atoms with Crippen LogP contribution in [0, 0.1) is 0 Å². The van der Waals surface area contributed by atoms with Crippen molar-refractivity contribution in [1.29, 1.82) is 0 Å². The van der Waals surface area contributed by atoms with E-state index in [1.54, 1.807) is 0 Å². The Bertz CT molecular complexity index is 184. The van der Waals surface area contributed by atoms with Crippen molar-refractivity contribution in [2.45, 2.75) is 44.9 Å². The van der Waals surface area contributed by atoms with E-state index in [4.69, 9.17) is 0 Å². The Kier molecular flexibility index (Phi) is 6.22. The van der Waals surface area contributed by atoms with Gasteiger partial charge in [0.2, 0.25) is 0 Å². The molecule has 0 unspecified atom stereocenters. The van der Waals surface area contributed by atoms with Gasteiger partial charge in [0.15, 0.2) is 0 Å². The van der Waals surface area contributed by atoms with E-state index in [1.165, 1.54) is 44.9 Å². The second kappa shape index (κ2) is 7.85. The van der Waals surface area contributed by atoms with Crippen molar-refractivity contribution >= 4 is 0 Å². The molecule has 72 valence electrons. The SMILES string of the molecule is C1=CCCCC/C=C/C=C\CCC1. The van der Waals surface area contributed by atoms with Gasteiger partial charge in [-0.2, -0.15) is 0 Å². The molecule has 0 atom stereocenters. The first-order valence-corrected chi connectivity index (χ1v) is 5.47. The van der Waals surface area contributed by atoms with Crippen LogP contribution >= 0.6 is 0 Å². The molecule has 0 fully saturated rings. The molecule has 0 nitrogen and oxygen atoms in total. The van der Waals surface area contributed by atoms with Crippen LogP contribution in [-0.4, -0.2) is 0 Å². The van der Waals surface area contributed by atoms with Gasteiger partial charge in [-0.05, 0) is 44.9 Å². The standard InChI is InChI=1S/C13H20/c1-2-4-6-8-10-12-13-11-9-7-5-3-1/h1-4,11,13H,5-10,12H2/b3-1-,4-2+,13-11?. The Balaban J connectivity index is 2.28. The van der Waals surface area contributed by atoms with E-state index >= 15 is 0 Å². The second-order valence-electron chi connectivity index (χ2n) is 3.54. The average Bonchev–Trinajstić information content (AvgIpc) is 2.18. The molecule has 0 spiro atoms. The molecule has 0 aromatic carbocycles. The van der Waals surface area contributed by atoms with Crippen LogP contribution in [-0.2, 0) is 0 Å². The highest BCUT2D eigenvalue weighted by Crippen LogP contribution is 2.05. The predicted molar refractivity (Wildman–Crippen MR) is 59.7 cm³/mol. The predicted octanol–water partition coefficient (Wildman–Crippen LogP) is 4.40. The summed E-state index contributed by atoms with van der Waals surface area (Å²) >= 11 is 0. The van der Waals surface area contributed by atoms with Gasteiger partial charge in [-0.3, -0.25) is 0 Å². The summed E-state index contributed by atoms with van der Waals surface area (Å²) in [6.45, 7) is 0. The lowest BCUT2D eigenvalue weighted by Gasteiger charge is -1.92. The van der Waals surface area contributed by atoms with Gasteiger partial charge in [0.05, 0.1) is 0 Å². The molecular weight excluding hydrogens is 156 g/mol. The Hall–Kier alpha value is -0.780. The van der Waals surface area contributed by atoms with E-state index in [9.17, 15) is 0 Å². The third-order valence-electron chi connectivity index (χ3n) is 2.28. The lowest BCUT2D eigenvalue weighted by molar-refractivity contribution is 0.759. The Labute approximate surface area is 82.0 Å². The van der Waals surface area contributed by atoms with Crippen LogP contribution in [0.4, 0.5) is 0 Å². The van der Waals surface area contributed by atoms with Gasteiger partial charge in [0.25, 0.3) is 0 Å². The van der Waals surface area contributed by atoms with Crippen LogP contribution in [0.25, 0.3) is 0 Å². The Morgan fingerprint density at radius 1 is 0.462 bits per heavy atom. The summed E-state index contributed by atoms with van der Waals surface area (Å²) in [5.74, 6) is 0. The first kappa shape index (κ1) is 10.3. The molecule has 0 N–H and O–H groups in total. The van der Waals surface area contributed by atoms with Crippen LogP contribution in [0.3, 0.4) is 0 Å². The number of hydrogen-bond acceptors (Lipinski definition) is 0. The monoisotopic (exact) mass is 176 g/mol. The lowest BCUT2D eigenvalue weighted by Crippen LogP contribution is -1.72. The fraction of sp³-hybridized carbons (Fsp3) is 0.538. The molecule has 0 amide bonds. The van der Waals surface area contributed by atoms with Gasteiger partial charge in [0, 0.05) is 0 Å². The summed E-state index contributed by atoms with van der Waals surface area (Å²) < 4.78 is 0. The smallest absolute Gasteiger partial charge is 0.0345 e. The third-order valence-corrected chi connectivity index (χ3v) is 2.28. The van der Waals surface area contributed by atoms with Crippen molar-refractivity contribution in [1.82, 2.24) is 0 Å². The molecule has 1 rings (SSSR count). The highest BCUT2D eigenvalue weighted by Gasteiger charge is 1.85. The van der Waals surface area contributed by atoms with Crippen LogP contribution in [0.15, 0.2) is 36.5 Å². The fourth-order valence-electron chi connectivity index (χ4n) is 1.46. The molecule has 0 aromatic rings. The van der Waals surface area contributed by atoms with Crippen LogP contribution in [0.5, 0.6) is 0 Å². The minimum absolute atomic E-state index is 1.22. The Morgan fingerprint density at radius 2 is 0.923 bits per heavy atom. The number of allylic oxidation sites excluding steroid dienone is 6. The maximum atomic E-state index is 2.34. The molecule has 13 heavy (non-hydrogen) atoms. The molecule has 0 saturated heterocycles. The minimum atomic E-state index is 1.22. The molecule has 1 aliphatic rings. The quantitative estimate of drug-likeness (QED) is 0.480. The largest absolute Gasteiger partial charge is 0.0885 e. The van der Waals surface area contributed by atoms with Gasteiger partial charge in [0.1, 0.15) is 0 Å². The zero-order chi connectivity index (χ0) is 9.19. The highest BCUT2D eigenvalue weighted by molar-refractivity contribution is 5.02. The van der Waals surface area contributed by atoms with Crippen LogP contribution in [0.1, 0.15) is 44.9 Å². The molecule has 1 aliphatic carbocycles. The maximum absolute atomic E-state index is 2.34. The van der Waals surface area contributed by atoms with Crippen molar-refractivity contribution in [2.75, 3.05) is 0 Å². The van der Waals surface area contributed by atoms with Gasteiger partial charge in [-0.15, -0.1) is 0 Å². The molecule has 0 aliphatic heterocycles. The lowest BCUT2D eigenvalue weighted by atomic mass is 10.1. The molecule has 0 aromatic heterocycles. The molecule has 0 heteroatoms. The van der Waals surface area contributed by atoms with Crippen molar-refractivity contribution in [3.8, 4) is 0 Å². The summed E-state index contributed by atoms with van der Waals surface area (Å²) in [4.78, 5) is 0.